The Bertz CT molecular complexity index is 2310. The summed E-state index contributed by atoms with van der Waals surface area (Å²) in [5.74, 6) is 1.38. The lowest BCUT2D eigenvalue weighted by molar-refractivity contribution is -0.138. The summed E-state index contributed by atoms with van der Waals surface area (Å²) in [6.07, 6.45) is 0. The van der Waals surface area contributed by atoms with Gasteiger partial charge in [0.2, 0.25) is 0 Å². The van der Waals surface area contributed by atoms with E-state index in [1.54, 1.807) is 9.13 Å². The van der Waals surface area contributed by atoms with Gasteiger partial charge < -0.3 is 28.8 Å². The number of carboxylic acid groups (broad SMARTS) is 2. The topological polar surface area (TPSA) is 129 Å². The normalized spacial score (nSPS) is 11.0. The molecule has 0 aliphatic rings. The summed E-state index contributed by atoms with van der Waals surface area (Å²) in [6.45, 7) is 4.90. The van der Waals surface area contributed by atoms with Gasteiger partial charge in [0.1, 0.15) is 24.6 Å². The highest BCUT2D eigenvalue weighted by Crippen LogP contribution is 2.28. The minimum Gasteiger partial charge on any atom is -0.492 e. The summed E-state index contributed by atoms with van der Waals surface area (Å²) in [5.41, 5.74) is 5.50. The number of fused-ring (bicyclic) bond motifs is 3. The molecule has 2 N–H and O–H groups in total. The van der Waals surface area contributed by atoms with Crippen molar-refractivity contribution < 1.29 is 29.3 Å². The minimum absolute atomic E-state index is 0.0966. The molecule has 2 aromatic heterocycles. The van der Waals surface area contributed by atoms with E-state index < -0.39 is 11.9 Å². The van der Waals surface area contributed by atoms with Crippen molar-refractivity contribution in [3.8, 4) is 11.5 Å². The molecule has 0 fully saturated rings. The SMILES string of the molecule is Cc1cccc(C)c1OCCSc1nc2ccccc2n1CC(=O)O.O=C(O)Cn1c(SCCOc2cccc3ccccc23)nc2ccccc21. The second-order valence-electron chi connectivity index (χ2n) is 11.8. The first kappa shape index (κ1) is 36.3. The van der Waals surface area contributed by atoms with E-state index in [1.165, 1.54) is 23.5 Å². The maximum atomic E-state index is 11.2. The molecule has 10 nitrogen and oxygen atoms in total. The van der Waals surface area contributed by atoms with Crippen molar-refractivity contribution in [3.05, 3.63) is 120 Å². The number of imidazole rings is 2. The van der Waals surface area contributed by atoms with Crippen molar-refractivity contribution in [2.75, 3.05) is 24.7 Å². The lowest BCUT2D eigenvalue weighted by Gasteiger charge is -2.11. The van der Waals surface area contributed by atoms with Gasteiger partial charge >= 0.3 is 11.9 Å². The van der Waals surface area contributed by atoms with Gasteiger partial charge in [-0.1, -0.05) is 102 Å². The molecule has 0 saturated heterocycles. The van der Waals surface area contributed by atoms with Crippen LogP contribution in [-0.4, -0.2) is 66.0 Å². The molecule has 266 valence electrons. The van der Waals surface area contributed by atoms with Crippen LogP contribution >= 0.6 is 23.5 Å². The fraction of sp³-hybridized carbons (Fsp3) is 0.200. The highest BCUT2D eigenvalue weighted by atomic mass is 32.2. The van der Waals surface area contributed by atoms with Crippen LogP contribution in [0.5, 0.6) is 11.5 Å². The number of hydrogen-bond acceptors (Lipinski definition) is 8. The van der Waals surface area contributed by atoms with E-state index in [9.17, 15) is 14.7 Å². The molecule has 0 atom stereocenters. The van der Waals surface area contributed by atoms with E-state index >= 15 is 0 Å². The predicted molar refractivity (Wildman–Crippen MR) is 207 cm³/mol. The van der Waals surface area contributed by atoms with Crippen LogP contribution in [0.4, 0.5) is 0 Å². The van der Waals surface area contributed by atoms with Gasteiger partial charge in [-0.3, -0.25) is 9.59 Å². The van der Waals surface area contributed by atoms with Crippen molar-refractivity contribution in [1.82, 2.24) is 19.1 Å². The number of para-hydroxylation sites is 5. The second kappa shape index (κ2) is 17.2. The Balaban J connectivity index is 0.000000179. The Hall–Kier alpha value is -5.46. The van der Waals surface area contributed by atoms with E-state index in [0.717, 1.165) is 55.5 Å². The third-order valence-corrected chi connectivity index (χ3v) is 10.00. The van der Waals surface area contributed by atoms with Crippen LogP contribution in [0.2, 0.25) is 0 Å². The number of aliphatic carboxylic acids is 2. The smallest absolute Gasteiger partial charge is 0.323 e. The maximum absolute atomic E-state index is 11.2. The number of rotatable bonds is 14. The highest BCUT2D eigenvalue weighted by Gasteiger charge is 2.15. The fourth-order valence-electron chi connectivity index (χ4n) is 5.81. The van der Waals surface area contributed by atoms with Crippen molar-refractivity contribution in [2.45, 2.75) is 37.2 Å². The molecule has 0 saturated carbocycles. The summed E-state index contributed by atoms with van der Waals surface area (Å²) in [6, 6.07) is 35.3. The summed E-state index contributed by atoms with van der Waals surface area (Å²) in [5, 5.41) is 22.0. The summed E-state index contributed by atoms with van der Waals surface area (Å²) < 4.78 is 15.3. The lowest BCUT2D eigenvalue weighted by Crippen LogP contribution is -2.10. The van der Waals surface area contributed by atoms with Gasteiger partial charge in [-0.05, 0) is 60.7 Å². The fourth-order valence-corrected chi connectivity index (χ4v) is 7.47. The van der Waals surface area contributed by atoms with Gasteiger partial charge in [-0.25, -0.2) is 9.97 Å². The van der Waals surface area contributed by atoms with Crippen molar-refractivity contribution in [1.29, 1.82) is 0 Å². The molecule has 12 heteroatoms. The van der Waals surface area contributed by atoms with E-state index in [4.69, 9.17) is 14.6 Å². The molecule has 7 rings (SSSR count). The van der Waals surface area contributed by atoms with Gasteiger partial charge in [-0.15, -0.1) is 0 Å². The Labute approximate surface area is 309 Å². The first-order chi connectivity index (χ1) is 25.3. The molecule has 0 aliphatic carbocycles. The summed E-state index contributed by atoms with van der Waals surface area (Å²) in [4.78, 5) is 31.5. The molecule has 0 aliphatic heterocycles. The largest absolute Gasteiger partial charge is 0.492 e. The second-order valence-corrected chi connectivity index (χ2v) is 13.9. The van der Waals surface area contributed by atoms with Crippen LogP contribution in [0.25, 0.3) is 32.8 Å². The molecule has 2 heterocycles. The number of carbonyl (C=O) groups is 2. The predicted octanol–water partition coefficient (Wildman–Crippen LogP) is 8.35. The number of benzene rings is 5. The number of aryl methyl sites for hydroxylation is 2. The molecular weight excluding hydrogens is 697 g/mol. The highest BCUT2D eigenvalue weighted by molar-refractivity contribution is 7.99. The van der Waals surface area contributed by atoms with E-state index in [2.05, 4.69) is 22.1 Å². The van der Waals surface area contributed by atoms with Gasteiger partial charge in [-0.2, -0.15) is 0 Å². The summed E-state index contributed by atoms with van der Waals surface area (Å²) in [7, 11) is 0. The first-order valence-electron chi connectivity index (χ1n) is 16.7. The van der Waals surface area contributed by atoms with Gasteiger partial charge in [0.25, 0.3) is 0 Å². The molecule has 0 amide bonds. The quantitative estimate of drug-likeness (QED) is 0.0831. The number of nitrogens with zero attached hydrogens (tertiary/aromatic N) is 4. The molecule has 52 heavy (non-hydrogen) atoms. The zero-order valence-corrected chi connectivity index (χ0v) is 30.4. The Morgan fingerprint density at radius 3 is 1.67 bits per heavy atom. The molecule has 0 spiro atoms. The Morgan fingerprint density at radius 1 is 0.615 bits per heavy atom. The molecule has 0 bridgehead atoms. The maximum Gasteiger partial charge on any atom is 0.323 e. The number of hydrogen-bond donors (Lipinski definition) is 2. The van der Waals surface area contributed by atoms with Crippen LogP contribution in [0, 0.1) is 13.8 Å². The lowest BCUT2D eigenvalue weighted by atomic mass is 10.1. The zero-order valence-electron chi connectivity index (χ0n) is 28.8. The number of carboxylic acids is 2. The number of ether oxygens (including phenoxy) is 2. The molecule has 7 aromatic rings. The third-order valence-electron chi connectivity index (χ3n) is 8.12. The van der Waals surface area contributed by atoms with Crippen LogP contribution in [0.3, 0.4) is 0 Å². The van der Waals surface area contributed by atoms with Crippen molar-refractivity contribution in [3.63, 3.8) is 0 Å². The van der Waals surface area contributed by atoms with Crippen molar-refractivity contribution in [2.24, 2.45) is 0 Å². The first-order valence-corrected chi connectivity index (χ1v) is 18.6. The standard InChI is InChI=1S/C21H18N2O3S.C19H20N2O3S/c24-20(25)14-23-18-10-4-3-9-17(18)22-21(23)27-13-12-26-19-11-5-7-15-6-1-2-8-16(15)19;1-13-6-5-7-14(2)18(13)24-10-11-25-19-20-15-8-3-4-9-16(15)21(19)12-17(22)23/h1-11H,12-14H2,(H,24,25);3-9H,10-12H2,1-2H3,(H,22,23). The molecule has 0 unspecified atom stereocenters. The van der Waals surface area contributed by atoms with E-state index in [1.807, 2.05) is 111 Å². The monoisotopic (exact) mass is 734 g/mol. The van der Waals surface area contributed by atoms with Crippen LogP contribution < -0.4 is 9.47 Å². The minimum atomic E-state index is -0.882. The summed E-state index contributed by atoms with van der Waals surface area (Å²) >= 11 is 3.01. The van der Waals surface area contributed by atoms with E-state index in [-0.39, 0.29) is 13.1 Å². The average molecular weight is 735 g/mol. The third kappa shape index (κ3) is 8.87. The molecule has 0 radical (unpaired) electrons. The number of aromatic nitrogens is 4. The van der Waals surface area contributed by atoms with Crippen LogP contribution in [0.15, 0.2) is 120 Å². The van der Waals surface area contributed by atoms with Gasteiger partial charge in [0.05, 0.1) is 35.3 Å². The Morgan fingerprint density at radius 2 is 1.10 bits per heavy atom. The molecular formula is C40H38N4O6S2. The zero-order chi connectivity index (χ0) is 36.5. The number of thioether (sulfide) groups is 2. The Kier molecular flexibility index (Phi) is 12.0. The van der Waals surface area contributed by atoms with Crippen LogP contribution in [-0.2, 0) is 22.7 Å². The van der Waals surface area contributed by atoms with Gasteiger partial charge in [0.15, 0.2) is 10.3 Å². The molecule has 5 aromatic carbocycles. The van der Waals surface area contributed by atoms with Crippen LogP contribution in [0.1, 0.15) is 11.1 Å². The van der Waals surface area contributed by atoms with Crippen molar-refractivity contribution >= 4 is 68.3 Å². The average Bonchev–Trinajstić information content (AvgIpc) is 3.66. The van der Waals surface area contributed by atoms with Gasteiger partial charge in [0, 0.05) is 16.9 Å². The van der Waals surface area contributed by atoms with E-state index in [0.29, 0.717) is 35.0 Å².